The SMILES string of the molecule is O=C([O-])[O-].[O-][Cl+3]([O-])([O-])[O-]. The summed E-state index contributed by atoms with van der Waals surface area (Å²) in [5, 5.41) is 16.7. The Balaban J connectivity index is 0. The molecule has 0 radical (unpaired) electrons. The summed E-state index contributed by atoms with van der Waals surface area (Å²) >= 11 is 0. The van der Waals surface area contributed by atoms with Gasteiger partial charge in [-0.05, 0) is 6.16 Å². The molecule has 0 aliphatic heterocycles. The first-order chi connectivity index (χ1) is 3.73. The lowest BCUT2D eigenvalue weighted by molar-refractivity contribution is -2.00. The molecule has 0 saturated carbocycles. The number of hydrogen-bond donors (Lipinski definition) is 0. The molecule has 0 amide bonds. The molecule has 0 aliphatic carbocycles. The van der Waals surface area contributed by atoms with E-state index in [1.54, 1.807) is 0 Å². The van der Waals surface area contributed by atoms with Gasteiger partial charge in [0.2, 0.25) is 0 Å². The number of hydrogen-bond acceptors (Lipinski definition) is 7. The van der Waals surface area contributed by atoms with Crippen molar-refractivity contribution >= 4 is 6.16 Å². The van der Waals surface area contributed by atoms with Gasteiger partial charge in [0.05, 0.1) is 0 Å². The molecule has 0 aromatic carbocycles. The zero-order chi connectivity index (χ0) is 8.08. The van der Waals surface area contributed by atoms with E-state index in [1.807, 2.05) is 0 Å². The number of rotatable bonds is 0. The molecule has 0 fully saturated rings. The molecular formula is CClO7-3. The third-order valence-corrected chi connectivity index (χ3v) is 0. The second kappa shape index (κ2) is 4.30. The molecule has 8 heteroatoms. The van der Waals surface area contributed by atoms with Crippen LogP contribution in [0.25, 0.3) is 0 Å². The first kappa shape index (κ1) is 11.2. The van der Waals surface area contributed by atoms with E-state index in [4.69, 9.17) is 33.6 Å². The first-order valence-corrected chi connectivity index (χ1v) is 2.46. The molecule has 7 nitrogen and oxygen atoms in total. The van der Waals surface area contributed by atoms with Gasteiger partial charge in [0.15, 0.2) is 0 Å². The highest BCUT2D eigenvalue weighted by molar-refractivity contribution is 5.47. The summed E-state index contributed by atoms with van der Waals surface area (Å²) in [6.07, 6.45) is -2.33. The van der Waals surface area contributed by atoms with E-state index in [2.05, 4.69) is 0 Å². The van der Waals surface area contributed by atoms with Crippen LogP contribution in [0.1, 0.15) is 0 Å². The van der Waals surface area contributed by atoms with Crippen molar-refractivity contribution in [3.05, 3.63) is 0 Å². The minimum atomic E-state index is -4.94. The lowest BCUT2D eigenvalue weighted by Gasteiger charge is -2.17. The second-order valence-electron chi connectivity index (χ2n) is 0.628. The Morgan fingerprint density at radius 2 is 1.00 bits per heavy atom. The monoisotopic (exact) mass is 159 g/mol. The molecule has 0 bridgehead atoms. The molecule has 0 aromatic rings. The molecular weight excluding hydrogens is 159 g/mol. The van der Waals surface area contributed by atoms with E-state index in [0.717, 1.165) is 0 Å². The van der Waals surface area contributed by atoms with Crippen LogP contribution in [0.2, 0.25) is 0 Å². The molecule has 0 unspecified atom stereocenters. The fourth-order valence-corrected chi connectivity index (χ4v) is 0. The van der Waals surface area contributed by atoms with Gasteiger partial charge in [0.1, 0.15) is 0 Å². The van der Waals surface area contributed by atoms with Crippen LogP contribution in [0.4, 0.5) is 4.79 Å². The topological polar surface area (TPSA) is 155 Å². The van der Waals surface area contributed by atoms with Crippen LogP contribution in [-0.4, -0.2) is 6.16 Å². The van der Waals surface area contributed by atoms with E-state index >= 15 is 0 Å². The number of halogens is 1. The number of carbonyl (C=O) groups excluding carboxylic acids is 1. The molecule has 0 saturated heterocycles. The largest absolute Gasteiger partial charge is 0.652 e. The lowest BCUT2D eigenvalue weighted by Crippen LogP contribution is -2.68. The molecule has 0 rings (SSSR count). The third-order valence-electron chi connectivity index (χ3n) is 0. The van der Waals surface area contributed by atoms with Gasteiger partial charge in [0, 0.05) is 0 Å². The van der Waals surface area contributed by atoms with Crippen molar-refractivity contribution in [1.82, 2.24) is 0 Å². The van der Waals surface area contributed by atoms with Gasteiger partial charge >= 0.3 is 0 Å². The Morgan fingerprint density at radius 3 is 1.00 bits per heavy atom. The molecule has 0 spiro atoms. The van der Waals surface area contributed by atoms with Crippen LogP contribution >= 0.6 is 0 Å². The van der Waals surface area contributed by atoms with Crippen LogP contribution in [-0.2, 0) is 0 Å². The van der Waals surface area contributed by atoms with E-state index in [0.29, 0.717) is 0 Å². The Labute approximate surface area is 51.1 Å². The summed E-state index contributed by atoms with van der Waals surface area (Å²) in [6, 6.07) is 0. The highest BCUT2D eigenvalue weighted by Crippen LogP contribution is 1.49. The summed E-state index contributed by atoms with van der Waals surface area (Å²) < 4.78 is 34.0. The Morgan fingerprint density at radius 1 is 1.00 bits per heavy atom. The van der Waals surface area contributed by atoms with Gasteiger partial charge in [0.25, 0.3) is 0 Å². The van der Waals surface area contributed by atoms with Crippen molar-refractivity contribution < 1.29 is 43.9 Å². The van der Waals surface area contributed by atoms with Gasteiger partial charge in [-0.25, -0.2) is 18.6 Å². The van der Waals surface area contributed by atoms with Crippen LogP contribution in [0.5, 0.6) is 0 Å². The average Bonchev–Trinajstić information content (AvgIpc) is 1.19. The van der Waals surface area contributed by atoms with Crippen molar-refractivity contribution in [2.45, 2.75) is 0 Å². The average molecular weight is 159 g/mol. The first-order valence-electron chi connectivity index (χ1n) is 1.23. The van der Waals surface area contributed by atoms with Gasteiger partial charge in [-0.15, -0.1) is 10.2 Å². The normalized spacial score (nSPS) is 9.33. The van der Waals surface area contributed by atoms with Crippen molar-refractivity contribution in [1.29, 1.82) is 0 Å². The van der Waals surface area contributed by atoms with Crippen molar-refractivity contribution in [3.8, 4) is 0 Å². The van der Waals surface area contributed by atoms with Gasteiger partial charge < -0.3 is 15.0 Å². The smallest absolute Gasteiger partial charge is 0.0431 e. The van der Waals surface area contributed by atoms with Crippen molar-refractivity contribution in [2.24, 2.45) is 0 Å². The van der Waals surface area contributed by atoms with Crippen LogP contribution in [0, 0.1) is 10.2 Å². The Hall–Kier alpha value is -0.600. The fraction of sp³-hybridized carbons (Fsp3) is 0. The minimum Gasteiger partial charge on any atom is -0.652 e. The van der Waals surface area contributed by atoms with Crippen LogP contribution in [0.15, 0.2) is 0 Å². The number of carbonyl (C=O) groups is 1. The Bertz CT molecular complexity index is 71.4. The lowest BCUT2D eigenvalue weighted by atomic mass is 11.5. The highest BCUT2D eigenvalue weighted by atomic mass is 35.7. The van der Waals surface area contributed by atoms with Gasteiger partial charge in [-0.2, -0.15) is 0 Å². The summed E-state index contributed by atoms with van der Waals surface area (Å²) in [5.41, 5.74) is 0. The molecule has 0 aliphatic rings. The van der Waals surface area contributed by atoms with E-state index in [9.17, 15) is 0 Å². The predicted octanol–water partition coefficient (Wildman–Crippen LogP) is -7.20. The van der Waals surface area contributed by atoms with Crippen molar-refractivity contribution in [3.63, 3.8) is 0 Å². The van der Waals surface area contributed by atoms with Gasteiger partial charge in [-0.1, -0.05) is 0 Å². The standard InChI is InChI=1S/CH2O3.ClHO4/c2-1(3)4;2-1(3,4)5/h(H2,2,3,4);(H,2,3,4,5)/p-3. The van der Waals surface area contributed by atoms with Crippen LogP contribution < -0.4 is 28.8 Å². The van der Waals surface area contributed by atoms with Crippen LogP contribution in [0.3, 0.4) is 0 Å². The molecule has 0 heterocycles. The van der Waals surface area contributed by atoms with Gasteiger partial charge in [-0.3, -0.25) is 0 Å². The maximum Gasteiger partial charge on any atom is -0.0431 e. The Kier molecular flexibility index (Phi) is 5.36. The zero-order valence-electron chi connectivity index (χ0n) is 3.74. The van der Waals surface area contributed by atoms with Crippen molar-refractivity contribution in [2.75, 3.05) is 0 Å². The maximum atomic E-state index is 8.49. The van der Waals surface area contributed by atoms with E-state index in [1.165, 1.54) is 0 Å². The van der Waals surface area contributed by atoms with E-state index in [-0.39, 0.29) is 0 Å². The highest BCUT2D eigenvalue weighted by Gasteiger charge is 1.84. The summed E-state index contributed by atoms with van der Waals surface area (Å²) in [5.74, 6) is 0. The molecule has 9 heavy (non-hydrogen) atoms. The third kappa shape index (κ3) is 599. The maximum absolute atomic E-state index is 8.49. The minimum absolute atomic E-state index is 2.33. The second-order valence-corrected chi connectivity index (χ2v) is 1.38. The number of carboxylic acid groups (broad SMARTS) is 2. The molecule has 0 aromatic heterocycles. The zero-order valence-corrected chi connectivity index (χ0v) is 4.49. The molecule has 56 valence electrons. The summed E-state index contributed by atoms with van der Waals surface area (Å²) in [7, 11) is -4.94. The fourth-order valence-electron chi connectivity index (χ4n) is 0. The summed E-state index contributed by atoms with van der Waals surface area (Å²) in [6.45, 7) is 0. The molecule has 0 atom stereocenters. The quantitative estimate of drug-likeness (QED) is 0.340. The predicted molar refractivity (Wildman–Crippen MR) is 5.40 cm³/mol. The summed E-state index contributed by atoms with van der Waals surface area (Å²) in [4.78, 5) is 8.33. The van der Waals surface area contributed by atoms with E-state index < -0.39 is 16.4 Å². The molecule has 0 N–H and O–H groups in total.